The van der Waals surface area contributed by atoms with Gasteiger partial charge in [-0.05, 0) is 13.0 Å². The first kappa shape index (κ1) is 12.4. The number of sulfone groups is 1. The Hall–Kier alpha value is -0.660. The minimum Gasteiger partial charge on any atom is -0.302 e. The third-order valence-electron chi connectivity index (χ3n) is 2.46. The van der Waals surface area contributed by atoms with E-state index in [0.29, 0.717) is 25.9 Å². The molecule has 0 aromatic carbocycles. The van der Waals surface area contributed by atoms with Gasteiger partial charge in [0.15, 0.2) is 9.84 Å². The highest BCUT2D eigenvalue weighted by atomic mass is 32.2. The number of nitrogens with zero attached hydrogens (tertiary/aromatic N) is 1. The summed E-state index contributed by atoms with van der Waals surface area (Å²) in [6.07, 6.45) is 0.961. The summed E-state index contributed by atoms with van der Waals surface area (Å²) in [5.41, 5.74) is 2.05. The van der Waals surface area contributed by atoms with Crippen molar-refractivity contribution < 1.29 is 13.2 Å². The minimum absolute atomic E-state index is 0.192. The van der Waals surface area contributed by atoms with Crippen LogP contribution in [0.4, 0.5) is 0 Å². The fourth-order valence-corrected chi connectivity index (χ4v) is 2.85. The van der Waals surface area contributed by atoms with Gasteiger partial charge in [-0.1, -0.05) is 0 Å². The van der Waals surface area contributed by atoms with Crippen LogP contribution in [-0.4, -0.2) is 50.4 Å². The van der Waals surface area contributed by atoms with Gasteiger partial charge in [-0.3, -0.25) is 10.2 Å². The van der Waals surface area contributed by atoms with E-state index in [1.54, 1.807) is 0 Å². The van der Waals surface area contributed by atoms with Gasteiger partial charge in [0.2, 0.25) is 5.91 Å². The van der Waals surface area contributed by atoms with E-state index < -0.39 is 9.84 Å². The molecule has 88 valence electrons. The SMILES string of the molecule is NNC(=O)CCN1CCCS(=O)(=O)CC1. The molecule has 1 aliphatic heterocycles. The maximum absolute atomic E-state index is 11.3. The van der Waals surface area contributed by atoms with Crippen LogP contribution in [0.1, 0.15) is 12.8 Å². The number of nitrogens with two attached hydrogens (primary N) is 1. The van der Waals surface area contributed by atoms with Crippen molar-refractivity contribution in [2.45, 2.75) is 12.8 Å². The maximum Gasteiger partial charge on any atom is 0.235 e. The van der Waals surface area contributed by atoms with Gasteiger partial charge in [0.25, 0.3) is 0 Å². The molecule has 15 heavy (non-hydrogen) atoms. The molecule has 1 fully saturated rings. The van der Waals surface area contributed by atoms with Gasteiger partial charge in [0, 0.05) is 19.5 Å². The molecule has 0 spiro atoms. The van der Waals surface area contributed by atoms with Crippen LogP contribution in [0.5, 0.6) is 0 Å². The van der Waals surface area contributed by atoms with Crippen LogP contribution in [0.15, 0.2) is 0 Å². The van der Waals surface area contributed by atoms with E-state index in [4.69, 9.17) is 5.84 Å². The van der Waals surface area contributed by atoms with E-state index >= 15 is 0 Å². The number of hydrogen-bond donors (Lipinski definition) is 2. The van der Waals surface area contributed by atoms with Crippen molar-refractivity contribution in [3.63, 3.8) is 0 Å². The molecular weight excluding hydrogens is 218 g/mol. The molecule has 0 saturated carbocycles. The van der Waals surface area contributed by atoms with Gasteiger partial charge >= 0.3 is 0 Å². The van der Waals surface area contributed by atoms with Gasteiger partial charge in [0.05, 0.1) is 11.5 Å². The lowest BCUT2D eigenvalue weighted by atomic mass is 10.3. The monoisotopic (exact) mass is 235 g/mol. The summed E-state index contributed by atoms with van der Waals surface area (Å²) in [5.74, 6) is 5.18. The minimum atomic E-state index is -2.86. The van der Waals surface area contributed by atoms with Crippen molar-refractivity contribution in [1.29, 1.82) is 0 Å². The third-order valence-corrected chi connectivity index (χ3v) is 4.18. The van der Waals surface area contributed by atoms with Crippen molar-refractivity contribution in [1.82, 2.24) is 10.3 Å². The highest BCUT2D eigenvalue weighted by Gasteiger charge is 2.19. The van der Waals surface area contributed by atoms with Gasteiger partial charge in [0.1, 0.15) is 0 Å². The fraction of sp³-hybridized carbons (Fsp3) is 0.875. The molecule has 0 bridgehead atoms. The maximum atomic E-state index is 11.3. The summed E-state index contributed by atoms with van der Waals surface area (Å²) >= 11 is 0. The Bertz CT molecular complexity index is 315. The summed E-state index contributed by atoms with van der Waals surface area (Å²) in [5, 5.41) is 0. The molecule has 0 aliphatic carbocycles. The molecule has 1 aliphatic rings. The molecule has 3 N–H and O–H groups in total. The summed E-state index contributed by atoms with van der Waals surface area (Å²) in [6, 6.07) is 0. The van der Waals surface area contributed by atoms with Crippen LogP contribution in [0.3, 0.4) is 0 Å². The lowest BCUT2D eigenvalue weighted by Gasteiger charge is -2.18. The van der Waals surface area contributed by atoms with Crippen molar-refractivity contribution in [3.8, 4) is 0 Å². The Morgan fingerprint density at radius 3 is 2.73 bits per heavy atom. The number of hydrogen-bond acceptors (Lipinski definition) is 5. The van der Waals surface area contributed by atoms with Gasteiger partial charge in [-0.2, -0.15) is 0 Å². The summed E-state index contributed by atoms with van der Waals surface area (Å²) in [6.45, 7) is 1.82. The first-order valence-electron chi connectivity index (χ1n) is 4.96. The predicted octanol–water partition coefficient (Wildman–Crippen LogP) is -1.51. The number of carbonyl (C=O) groups is 1. The third kappa shape index (κ3) is 4.59. The Kier molecular flexibility index (Phi) is 4.49. The molecule has 1 saturated heterocycles. The first-order chi connectivity index (χ1) is 7.03. The molecule has 1 amide bonds. The van der Waals surface area contributed by atoms with Crippen molar-refractivity contribution >= 4 is 15.7 Å². The topological polar surface area (TPSA) is 92.5 Å². The lowest BCUT2D eigenvalue weighted by Crippen LogP contribution is -2.35. The Morgan fingerprint density at radius 2 is 2.07 bits per heavy atom. The zero-order valence-corrected chi connectivity index (χ0v) is 9.42. The number of amides is 1. The van der Waals surface area contributed by atoms with Crippen LogP contribution in [0.25, 0.3) is 0 Å². The predicted molar refractivity (Wildman–Crippen MR) is 56.7 cm³/mol. The van der Waals surface area contributed by atoms with Crippen molar-refractivity contribution in [2.75, 3.05) is 31.1 Å². The highest BCUT2D eigenvalue weighted by Crippen LogP contribution is 2.05. The standard InChI is InChI=1S/C8H17N3O3S/c9-10-8(12)2-4-11-3-1-6-15(13,14)7-5-11/h1-7,9H2,(H,10,12). The smallest absolute Gasteiger partial charge is 0.235 e. The molecule has 0 aromatic heterocycles. The van der Waals surface area contributed by atoms with Crippen LogP contribution in [-0.2, 0) is 14.6 Å². The Morgan fingerprint density at radius 1 is 1.33 bits per heavy atom. The first-order valence-corrected chi connectivity index (χ1v) is 6.78. The molecule has 1 heterocycles. The molecule has 0 atom stereocenters. The quantitative estimate of drug-likeness (QED) is 0.352. The molecule has 7 heteroatoms. The van der Waals surface area contributed by atoms with Gasteiger partial charge in [-0.15, -0.1) is 0 Å². The van der Waals surface area contributed by atoms with Crippen LogP contribution < -0.4 is 11.3 Å². The Balaban J connectivity index is 2.35. The van der Waals surface area contributed by atoms with E-state index in [2.05, 4.69) is 5.43 Å². The van der Waals surface area contributed by atoms with E-state index in [1.807, 2.05) is 4.90 Å². The molecule has 0 radical (unpaired) electrons. The van der Waals surface area contributed by atoms with Crippen molar-refractivity contribution in [2.24, 2.45) is 5.84 Å². The highest BCUT2D eigenvalue weighted by molar-refractivity contribution is 7.91. The average Bonchev–Trinajstić information content (AvgIpc) is 2.36. The summed E-state index contributed by atoms with van der Waals surface area (Å²) in [4.78, 5) is 12.9. The summed E-state index contributed by atoms with van der Waals surface area (Å²) in [7, 11) is -2.86. The van der Waals surface area contributed by atoms with E-state index in [0.717, 1.165) is 6.54 Å². The second-order valence-electron chi connectivity index (χ2n) is 3.66. The summed E-state index contributed by atoms with van der Waals surface area (Å²) < 4.78 is 22.6. The second kappa shape index (κ2) is 5.43. The molecule has 0 unspecified atom stereocenters. The zero-order chi connectivity index (χ0) is 11.3. The van der Waals surface area contributed by atoms with E-state index in [9.17, 15) is 13.2 Å². The number of rotatable bonds is 3. The van der Waals surface area contributed by atoms with Crippen LogP contribution in [0.2, 0.25) is 0 Å². The van der Waals surface area contributed by atoms with Crippen molar-refractivity contribution in [3.05, 3.63) is 0 Å². The molecule has 6 nitrogen and oxygen atoms in total. The Labute approximate surface area is 89.7 Å². The fourth-order valence-electron chi connectivity index (χ4n) is 1.55. The largest absolute Gasteiger partial charge is 0.302 e. The number of carbonyl (C=O) groups excluding carboxylic acids is 1. The number of hydrazine groups is 1. The average molecular weight is 235 g/mol. The molecule has 1 rings (SSSR count). The van der Waals surface area contributed by atoms with Crippen LogP contribution >= 0.6 is 0 Å². The van der Waals surface area contributed by atoms with Crippen LogP contribution in [0, 0.1) is 0 Å². The zero-order valence-electron chi connectivity index (χ0n) is 8.61. The van der Waals surface area contributed by atoms with E-state index in [1.165, 1.54) is 0 Å². The number of nitrogens with one attached hydrogen (secondary N) is 1. The molecule has 0 aromatic rings. The lowest BCUT2D eigenvalue weighted by molar-refractivity contribution is -0.121. The van der Waals surface area contributed by atoms with Gasteiger partial charge in [-0.25, -0.2) is 14.3 Å². The van der Waals surface area contributed by atoms with Gasteiger partial charge < -0.3 is 4.90 Å². The van der Waals surface area contributed by atoms with E-state index in [-0.39, 0.29) is 17.4 Å². The normalized spacial score (nSPS) is 21.9. The second-order valence-corrected chi connectivity index (χ2v) is 5.97. The molecular formula is C8H17N3O3S.